The van der Waals surface area contributed by atoms with Crippen molar-refractivity contribution in [1.29, 1.82) is 0 Å². The first-order chi connectivity index (χ1) is 10.2. The van der Waals surface area contributed by atoms with Crippen LogP contribution in [0.4, 0.5) is 0 Å². The van der Waals surface area contributed by atoms with Gasteiger partial charge in [-0.3, -0.25) is 4.79 Å². The molecule has 2 aromatic rings. The second-order valence-corrected chi connectivity index (χ2v) is 7.22. The van der Waals surface area contributed by atoms with Crippen LogP contribution in [0.3, 0.4) is 0 Å². The number of halogens is 1. The van der Waals surface area contributed by atoms with Gasteiger partial charge in [0.1, 0.15) is 5.75 Å². The van der Waals surface area contributed by atoms with Crippen LogP contribution in [-0.4, -0.2) is 12.4 Å². The second kappa shape index (κ2) is 6.32. The SMILES string of the molecule is CCOc1ccc(Br)cc1C(=O)c1cc2c(s1)CCCC2. The summed E-state index contributed by atoms with van der Waals surface area (Å²) in [6, 6.07) is 7.69. The molecule has 0 unspecified atom stereocenters. The summed E-state index contributed by atoms with van der Waals surface area (Å²) in [5, 5.41) is 0. The number of rotatable bonds is 4. The zero-order valence-corrected chi connectivity index (χ0v) is 14.4. The van der Waals surface area contributed by atoms with E-state index >= 15 is 0 Å². The smallest absolute Gasteiger partial charge is 0.206 e. The molecule has 0 bridgehead atoms. The molecule has 0 aliphatic heterocycles. The van der Waals surface area contributed by atoms with Crippen molar-refractivity contribution in [1.82, 2.24) is 0 Å². The minimum atomic E-state index is 0.0687. The Balaban J connectivity index is 1.98. The minimum absolute atomic E-state index is 0.0687. The maximum absolute atomic E-state index is 12.8. The molecule has 2 nitrogen and oxygen atoms in total. The third kappa shape index (κ3) is 3.06. The van der Waals surface area contributed by atoms with Crippen molar-refractivity contribution in [3.05, 3.63) is 49.6 Å². The highest BCUT2D eigenvalue weighted by Gasteiger charge is 2.21. The Morgan fingerprint density at radius 1 is 1.29 bits per heavy atom. The van der Waals surface area contributed by atoms with Crippen LogP contribution in [0.15, 0.2) is 28.7 Å². The molecule has 0 amide bonds. The van der Waals surface area contributed by atoms with E-state index in [0.717, 1.165) is 22.2 Å². The van der Waals surface area contributed by atoms with Gasteiger partial charge in [0.25, 0.3) is 0 Å². The lowest BCUT2D eigenvalue weighted by Crippen LogP contribution is -2.04. The van der Waals surface area contributed by atoms with Crippen LogP contribution in [0.2, 0.25) is 0 Å². The van der Waals surface area contributed by atoms with Crippen molar-refractivity contribution in [2.75, 3.05) is 6.61 Å². The van der Waals surface area contributed by atoms with Gasteiger partial charge in [-0.2, -0.15) is 0 Å². The predicted octanol–water partition coefficient (Wildman–Crippen LogP) is 5.02. The first kappa shape index (κ1) is 14.8. The van der Waals surface area contributed by atoms with Gasteiger partial charge in [-0.15, -0.1) is 11.3 Å². The molecular formula is C17H17BrO2S. The Morgan fingerprint density at radius 2 is 2.10 bits per heavy atom. The second-order valence-electron chi connectivity index (χ2n) is 5.17. The van der Waals surface area contributed by atoms with Crippen LogP contribution in [0.25, 0.3) is 0 Å². The highest BCUT2D eigenvalue weighted by atomic mass is 79.9. The van der Waals surface area contributed by atoms with Crippen molar-refractivity contribution in [3.63, 3.8) is 0 Å². The number of hydrogen-bond acceptors (Lipinski definition) is 3. The summed E-state index contributed by atoms with van der Waals surface area (Å²) in [6.45, 7) is 2.49. The largest absolute Gasteiger partial charge is 0.493 e. The Morgan fingerprint density at radius 3 is 2.86 bits per heavy atom. The van der Waals surface area contributed by atoms with Gasteiger partial charge in [0, 0.05) is 9.35 Å². The summed E-state index contributed by atoms with van der Waals surface area (Å²) in [4.78, 5) is 15.0. The van der Waals surface area contributed by atoms with Crippen molar-refractivity contribution in [3.8, 4) is 5.75 Å². The van der Waals surface area contributed by atoms with E-state index in [1.165, 1.54) is 23.3 Å². The summed E-state index contributed by atoms with van der Waals surface area (Å²) in [6.07, 6.45) is 4.70. The van der Waals surface area contributed by atoms with Crippen LogP contribution in [0.1, 0.15) is 45.4 Å². The van der Waals surface area contributed by atoms with E-state index in [1.807, 2.05) is 25.1 Å². The van der Waals surface area contributed by atoms with Gasteiger partial charge in [-0.05, 0) is 62.4 Å². The molecule has 0 atom stereocenters. The fourth-order valence-corrected chi connectivity index (χ4v) is 4.27. The highest BCUT2D eigenvalue weighted by molar-refractivity contribution is 9.10. The van der Waals surface area contributed by atoms with Crippen LogP contribution >= 0.6 is 27.3 Å². The topological polar surface area (TPSA) is 26.3 Å². The molecule has 0 radical (unpaired) electrons. The third-order valence-electron chi connectivity index (χ3n) is 3.71. The van der Waals surface area contributed by atoms with E-state index in [9.17, 15) is 4.79 Å². The number of aryl methyl sites for hydroxylation is 2. The summed E-state index contributed by atoms with van der Waals surface area (Å²) in [5.41, 5.74) is 2.01. The zero-order chi connectivity index (χ0) is 14.8. The fraction of sp³-hybridized carbons (Fsp3) is 0.353. The van der Waals surface area contributed by atoms with Crippen LogP contribution in [0, 0.1) is 0 Å². The van der Waals surface area contributed by atoms with Crippen molar-refractivity contribution in [2.45, 2.75) is 32.6 Å². The van der Waals surface area contributed by atoms with Gasteiger partial charge < -0.3 is 4.74 Å². The van der Waals surface area contributed by atoms with E-state index in [-0.39, 0.29) is 5.78 Å². The summed E-state index contributed by atoms with van der Waals surface area (Å²) in [5.74, 6) is 0.733. The average molecular weight is 365 g/mol. The van der Waals surface area contributed by atoms with Crippen molar-refractivity contribution >= 4 is 33.0 Å². The predicted molar refractivity (Wildman–Crippen MR) is 89.7 cm³/mol. The van der Waals surface area contributed by atoms with Gasteiger partial charge in [-0.1, -0.05) is 15.9 Å². The van der Waals surface area contributed by atoms with Gasteiger partial charge in [0.05, 0.1) is 17.0 Å². The Bertz CT molecular complexity index is 652. The quantitative estimate of drug-likeness (QED) is 0.712. The Kier molecular flexibility index (Phi) is 4.45. The standard InChI is InChI=1S/C17H17BrO2S/c1-2-20-14-8-7-12(18)10-13(14)17(19)16-9-11-5-3-4-6-15(11)21-16/h7-10H,2-6H2,1H3. The molecule has 1 aliphatic rings. The summed E-state index contributed by atoms with van der Waals surface area (Å²) >= 11 is 5.09. The van der Waals surface area contributed by atoms with E-state index in [2.05, 4.69) is 22.0 Å². The van der Waals surface area contributed by atoms with Gasteiger partial charge >= 0.3 is 0 Å². The molecule has 0 saturated carbocycles. The average Bonchev–Trinajstić information content (AvgIpc) is 2.92. The molecule has 0 N–H and O–H groups in total. The lowest BCUT2D eigenvalue weighted by atomic mass is 9.98. The number of benzene rings is 1. The molecule has 1 aromatic carbocycles. The van der Waals surface area contributed by atoms with Crippen LogP contribution < -0.4 is 4.74 Å². The van der Waals surface area contributed by atoms with E-state index in [0.29, 0.717) is 17.9 Å². The molecule has 1 heterocycles. The molecule has 4 heteroatoms. The number of carbonyl (C=O) groups excluding carboxylic acids is 1. The van der Waals surface area contributed by atoms with E-state index < -0.39 is 0 Å². The molecular weight excluding hydrogens is 348 g/mol. The lowest BCUT2D eigenvalue weighted by molar-refractivity contribution is 0.103. The maximum atomic E-state index is 12.8. The number of hydrogen-bond donors (Lipinski definition) is 0. The maximum Gasteiger partial charge on any atom is 0.206 e. The van der Waals surface area contributed by atoms with E-state index in [4.69, 9.17) is 4.74 Å². The summed E-state index contributed by atoms with van der Waals surface area (Å²) < 4.78 is 6.50. The summed E-state index contributed by atoms with van der Waals surface area (Å²) in [7, 11) is 0. The Labute approximate surface area is 137 Å². The molecule has 0 spiro atoms. The first-order valence-electron chi connectivity index (χ1n) is 7.27. The number of ketones is 1. The molecule has 1 aliphatic carbocycles. The fourth-order valence-electron chi connectivity index (χ4n) is 2.70. The van der Waals surface area contributed by atoms with Gasteiger partial charge in [-0.25, -0.2) is 0 Å². The monoisotopic (exact) mass is 364 g/mol. The Hall–Kier alpha value is -1.13. The molecule has 0 fully saturated rings. The minimum Gasteiger partial charge on any atom is -0.493 e. The molecule has 21 heavy (non-hydrogen) atoms. The molecule has 110 valence electrons. The third-order valence-corrected chi connectivity index (χ3v) is 5.44. The first-order valence-corrected chi connectivity index (χ1v) is 8.88. The van der Waals surface area contributed by atoms with Crippen LogP contribution in [-0.2, 0) is 12.8 Å². The highest BCUT2D eigenvalue weighted by Crippen LogP contribution is 2.33. The van der Waals surface area contributed by atoms with Crippen molar-refractivity contribution in [2.24, 2.45) is 0 Å². The number of thiophene rings is 1. The zero-order valence-electron chi connectivity index (χ0n) is 11.9. The van der Waals surface area contributed by atoms with Gasteiger partial charge in [0.15, 0.2) is 0 Å². The number of ether oxygens (including phenoxy) is 1. The van der Waals surface area contributed by atoms with Crippen LogP contribution in [0.5, 0.6) is 5.75 Å². The number of fused-ring (bicyclic) bond motifs is 1. The number of carbonyl (C=O) groups is 1. The van der Waals surface area contributed by atoms with E-state index in [1.54, 1.807) is 11.3 Å². The van der Waals surface area contributed by atoms with Crippen molar-refractivity contribution < 1.29 is 9.53 Å². The normalized spacial score (nSPS) is 13.8. The lowest BCUT2D eigenvalue weighted by Gasteiger charge is -2.09. The molecule has 0 saturated heterocycles. The molecule has 1 aromatic heterocycles. The van der Waals surface area contributed by atoms with Gasteiger partial charge in [0.2, 0.25) is 5.78 Å². The molecule has 3 rings (SSSR count).